The van der Waals surface area contributed by atoms with Gasteiger partial charge in [0.05, 0.1) is 0 Å². The van der Waals surface area contributed by atoms with Crippen molar-refractivity contribution in [3.8, 4) is 0 Å². The second-order valence-electron chi connectivity index (χ2n) is 2.49. The highest BCUT2D eigenvalue weighted by atomic mass is 35.5. The Balaban J connectivity index is 2.84. The third-order valence-corrected chi connectivity index (χ3v) is 1.80. The summed E-state index contributed by atoms with van der Waals surface area (Å²) in [4.78, 5) is 20.7. The van der Waals surface area contributed by atoms with E-state index in [1.165, 1.54) is 12.1 Å². The Morgan fingerprint density at radius 3 is 2.43 bits per heavy atom. The third-order valence-electron chi connectivity index (χ3n) is 1.55. The van der Waals surface area contributed by atoms with Crippen molar-refractivity contribution in [2.75, 3.05) is 0 Å². The largest absolute Gasteiger partial charge is 0.506 e. The zero-order valence-corrected chi connectivity index (χ0v) is 7.77. The van der Waals surface area contributed by atoms with Crippen LogP contribution in [-0.2, 0) is 9.53 Å². The van der Waals surface area contributed by atoms with Crippen LogP contribution in [-0.4, -0.2) is 17.5 Å². The third kappa shape index (κ3) is 2.74. The lowest BCUT2D eigenvalue weighted by Crippen LogP contribution is -2.10. The van der Waals surface area contributed by atoms with Crippen LogP contribution in [0.25, 0.3) is 0 Å². The molecule has 1 N–H and O–H groups in total. The number of halogens is 1. The molecule has 0 aliphatic carbocycles. The molecule has 0 heterocycles. The number of carbonyl (C=O) groups excluding carboxylic acids is 1. The van der Waals surface area contributed by atoms with E-state index in [0.29, 0.717) is 16.9 Å². The minimum absolute atomic E-state index is 0.414. The van der Waals surface area contributed by atoms with E-state index in [1.54, 1.807) is 12.1 Å². The highest BCUT2D eigenvalue weighted by molar-refractivity contribution is 6.30. The highest BCUT2D eigenvalue weighted by Gasteiger charge is 2.14. The lowest BCUT2D eigenvalue weighted by molar-refractivity contribution is -0.116. The number of hydrogen-bond acceptors (Lipinski definition) is 3. The Labute approximate surface area is 85.1 Å². The molecular weight excluding hydrogens is 208 g/mol. The first-order valence-electron chi connectivity index (χ1n) is 3.74. The van der Waals surface area contributed by atoms with Crippen molar-refractivity contribution >= 4 is 24.0 Å². The number of aldehydes is 1. The summed E-state index contributed by atoms with van der Waals surface area (Å²) in [7, 11) is 0. The molecule has 0 saturated heterocycles. The Kier molecular flexibility index (Phi) is 3.48. The molecule has 1 rings (SSSR count). The molecule has 1 unspecified atom stereocenters. The number of hydrogen-bond donors (Lipinski definition) is 1. The zero-order chi connectivity index (χ0) is 10.6. The highest BCUT2D eigenvalue weighted by Crippen LogP contribution is 2.17. The number of benzene rings is 1. The molecule has 0 aliphatic rings. The molecule has 0 amide bonds. The lowest BCUT2D eigenvalue weighted by Gasteiger charge is -2.08. The predicted molar refractivity (Wildman–Crippen MR) is 49.4 cm³/mol. The van der Waals surface area contributed by atoms with Crippen molar-refractivity contribution in [2.24, 2.45) is 0 Å². The van der Waals surface area contributed by atoms with Gasteiger partial charge >= 0.3 is 6.16 Å². The Bertz CT molecular complexity index is 333. The second kappa shape index (κ2) is 4.62. The van der Waals surface area contributed by atoms with Gasteiger partial charge in [0.1, 0.15) is 0 Å². The second-order valence-corrected chi connectivity index (χ2v) is 2.93. The monoisotopic (exact) mass is 214 g/mol. The number of rotatable bonds is 3. The maximum absolute atomic E-state index is 10.5. The molecule has 1 aromatic rings. The van der Waals surface area contributed by atoms with Gasteiger partial charge in [0.25, 0.3) is 0 Å². The van der Waals surface area contributed by atoms with E-state index < -0.39 is 12.3 Å². The molecule has 4 nitrogen and oxygen atoms in total. The van der Waals surface area contributed by atoms with E-state index in [9.17, 15) is 9.59 Å². The van der Waals surface area contributed by atoms with Gasteiger partial charge in [-0.2, -0.15) is 0 Å². The van der Waals surface area contributed by atoms with Gasteiger partial charge in [-0.15, -0.1) is 0 Å². The summed E-state index contributed by atoms with van der Waals surface area (Å²) >= 11 is 5.62. The molecular formula is C9H7ClO4. The summed E-state index contributed by atoms with van der Waals surface area (Å²) in [6, 6.07) is 6.17. The van der Waals surface area contributed by atoms with E-state index in [-0.39, 0.29) is 0 Å². The Hall–Kier alpha value is -1.55. The fourth-order valence-electron chi connectivity index (χ4n) is 0.935. The first-order chi connectivity index (χ1) is 6.63. The quantitative estimate of drug-likeness (QED) is 0.619. The molecule has 0 radical (unpaired) electrons. The number of ether oxygens (including phenoxy) is 1. The van der Waals surface area contributed by atoms with E-state index in [1.807, 2.05) is 0 Å². The number of carboxylic acid groups (broad SMARTS) is 1. The van der Waals surface area contributed by atoms with E-state index in [0.717, 1.165) is 0 Å². The van der Waals surface area contributed by atoms with Crippen LogP contribution in [0, 0.1) is 0 Å². The van der Waals surface area contributed by atoms with Crippen LogP contribution in [0.2, 0.25) is 5.02 Å². The molecule has 0 aromatic heterocycles. The van der Waals surface area contributed by atoms with Crippen molar-refractivity contribution in [1.29, 1.82) is 0 Å². The fraction of sp³-hybridized carbons (Fsp3) is 0.111. The summed E-state index contributed by atoms with van der Waals surface area (Å²) in [5, 5.41) is 8.83. The average Bonchev–Trinajstić information content (AvgIpc) is 2.15. The Morgan fingerprint density at radius 2 is 2.00 bits per heavy atom. The van der Waals surface area contributed by atoms with Crippen molar-refractivity contribution in [1.82, 2.24) is 0 Å². The first kappa shape index (κ1) is 10.5. The van der Waals surface area contributed by atoms with Gasteiger partial charge in [-0.3, -0.25) is 4.79 Å². The van der Waals surface area contributed by atoms with Gasteiger partial charge in [-0.05, 0) is 17.7 Å². The van der Waals surface area contributed by atoms with E-state index in [2.05, 4.69) is 4.74 Å². The van der Waals surface area contributed by atoms with Crippen LogP contribution in [0.1, 0.15) is 11.7 Å². The summed E-state index contributed by atoms with van der Waals surface area (Å²) in [5.74, 6) is 0. The smallest absolute Gasteiger partial charge is 0.450 e. The van der Waals surface area contributed by atoms with Gasteiger partial charge in [0.15, 0.2) is 12.4 Å². The van der Waals surface area contributed by atoms with Crippen molar-refractivity contribution in [3.05, 3.63) is 34.9 Å². The van der Waals surface area contributed by atoms with Gasteiger partial charge < -0.3 is 9.84 Å². The van der Waals surface area contributed by atoms with Crippen LogP contribution in [0.15, 0.2) is 24.3 Å². The molecule has 0 aliphatic heterocycles. The first-order valence-corrected chi connectivity index (χ1v) is 4.11. The van der Waals surface area contributed by atoms with Gasteiger partial charge in [0.2, 0.25) is 0 Å². The molecule has 74 valence electrons. The summed E-state index contributed by atoms with van der Waals surface area (Å²) in [6.07, 6.45) is -2.17. The SMILES string of the molecule is O=CC(OC(=O)O)c1ccc(Cl)cc1. The van der Waals surface area contributed by atoms with Gasteiger partial charge in [-0.25, -0.2) is 4.79 Å². The van der Waals surface area contributed by atoms with Gasteiger partial charge in [0, 0.05) is 5.02 Å². The normalized spacial score (nSPS) is 11.8. The number of carbonyl (C=O) groups is 2. The summed E-state index contributed by atoms with van der Waals surface area (Å²) < 4.78 is 4.33. The molecule has 0 spiro atoms. The van der Waals surface area contributed by atoms with Crippen LogP contribution in [0.3, 0.4) is 0 Å². The summed E-state index contributed by atoms with van der Waals surface area (Å²) in [5.41, 5.74) is 0.451. The van der Waals surface area contributed by atoms with Crippen LogP contribution in [0.5, 0.6) is 0 Å². The Morgan fingerprint density at radius 1 is 1.43 bits per heavy atom. The molecule has 0 saturated carbocycles. The van der Waals surface area contributed by atoms with Crippen molar-refractivity contribution in [3.63, 3.8) is 0 Å². The van der Waals surface area contributed by atoms with Gasteiger partial charge in [-0.1, -0.05) is 23.7 Å². The van der Waals surface area contributed by atoms with Crippen molar-refractivity contribution in [2.45, 2.75) is 6.10 Å². The molecule has 0 bridgehead atoms. The standard InChI is InChI=1S/C9H7ClO4/c10-7-3-1-6(2-4-7)8(5-11)14-9(12)13/h1-5,8H,(H,12,13). The molecule has 1 atom stereocenters. The molecule has 5 heteroatoms. The minimum Gasteiger partial charge on any atom is -0.450 e. The van der Waals surface area contributed by atoms with E-state index in [4.69, 9.17) is 16.7 Å². The maximum atomic E-state index is 10.5. The zero-order valence-electron chi connectivity index (χ0n) is 7.01. The van der Waals surface area contributed by atoms with Crippen molar-refractivity contribution < 1.29 is 19.4 Å². The molecule has 1 aromatic carbocycles. The molecule has 14 heavy (non-hydrogen) atoms. The molecule has 0 fully saturated rings. The summed E-state index contributed by atoms with van der Waals surface area (Å²) in [6.45, 7) is 0. The van der Waals surface area contributed by atoms with E-state index >= 15 is 0 Å². The lowest BCUT2D eigenvalue weighted by atomic mass is 10.1. The average molecular weight is 215 g/mol. The van der Waals surface area contributed by atoms with Crippen LogP contribution >= 0.6 is 11.6 Å². The predicted octanol–water partition coefficient (Wildman–Crippen LogP) is 2.27. The minimum atomic E-state index is -1.49. The van der Waals surface area contributed by atoms with Crippen LogP contribution < -0.4 is 0 Å². The maximum Gasteiger partial charge on any atom is 0.506 e. The fourth-order valence-corrected chi connectivity index (χ4v) is 1.06. The topological polar surface area (TPSA) is 63.6 Å². The van der Waals surface area contributed by atoms with Crippen LogP contribution in [0.4, 0.5) is 4.79 Å².